The SMILES string of the molecule is [B]C(O)(NC)C([B])(O)c1ccc2c(c1)OCO2. The summed E-state index contributed by atoms with van der Waals surface area (Å²) in [6.45, 7) is 0.112. The highest BCUT2D eigenvalue weighted by atomic mass is 16.7. The summed E-state index contributed by atoms with van der Waals surface area (Å²) in [7, 11) is 12.5. The minimum Gasteiger partial charge on any atom is -0.454 e. The zero-order valence-corrected chi connectivity index (χ0v) is 9.30. The first-order valence-corrected chi connectivity index (χ1v) is 5.00. The number of benzene rings is 1. The van der Waals surface area contributed by atoms with Crippen molar-refractivity contribution >= 4 is 15.7 Å². The van der Waals surface area contributed by atoms with E-state index in [9.17, 15) is 10.2 Å². The van der Waals surface area contributed by atoms with Crippen LogP contribution in [0.2, 0.25) is 0 Å². The predicted octanol–water partition coefficient (Wildman–Crippen LogP) is -1.24. The molecule has 1 heterocycles. The number of likely N-dealkylation sites (N-methyl/N-ethyl adjacent to an activating group) is 1. The lowest BCUT2D eigenvalue weighted by molar-refractivity contribution is -0.0653. The van der Waals surface area contributed by atoms with Crippen LogP contribution in [0.3, 0.4) is 0 Å². The van der Waals surface area contributed by atoms with Gasteiger partial charge in [-0.1, -0.05) is 6.07 Å². The van der Waals surface area contributed by atoms with Crippen molar-refractivity contribution in [1.29, 1.82) is 0 Å². The molecule has 4 radical (unpaired) electrons. The number of hydrogen-bond acceptors (Lipinski definition) is 5. The molecule has 2 unspecified atom stereocenters. The standard InChI is InChI=1S/C10H11B2NO4/c1-13-10(12,15)9(11,14)6-2-3-7-8(4-6)17-5-16-7/h2-4,13-15H,5H2,1H3. The molecule has 0 aromatic heterocycles. The molecular formula is C10H11B2NO4. The van der Waals surface area contributed by atoms with Crippen LogP contribution in [0.15, 0.2) is 18.2 Å². The Morgan fingerprint density at radius 2 is 1.88 bits per heavy atom. The Morgan fingerprint density at radius 3 is 2.53 bits per heavy atom. The van der Waals surface area contributed by atoms with Crippen molar-refractivity contribution in [3.8, 4) is 11.5 Å². The van der Waals surface area contributed by atoms with Gasteiger partial charge in [0.15, 0.2) is 11.5 Å². The first-order valence-electron chi connectivity index (χ1n) is 5.00. The lowest BCUT2D eigenvalue weighted by Crippen LogP contribution is -2.61. The first-order chi connectivity index (χ1) is 7.88. The predicted molar refractivity (Wildman–Crippen MR) is 62.0 cm³/mol. The highest BCUT2D eigenvalue weighted by molar-refractivity contribution is 6.25. The van der Waals surface area contributed by atoms with E-state index in [1.165, 1.54) is 19.2 Å². The van der Waals surface area contributed by atoms with Crippen LogP contribution in [0.1, 0.15) is 5.56 Å². The second-order valence-electron chi connectivity index (χ2n) is 3.85. The molecule has 5 nitrogen and oxygen atoms in total. The quantitative estimate of drug-likeness (QED) is 0.448. The van der Waals surface area contributed by atoms with Gasteiger partial charge >= 0.3 is 0 Å². The normalized spacial score (nSPS) is 20.6. The summed E-state index contributed by atoms with van der Waals surface area (Å²) in [5.41, 5.74) is -4.12. The van der Waals surface area contributed by atoms with E-state index in [1.807, 2.05) is 0 Å². The lowest BCUT2D eigenvalue weighted by atomic mass is 9.60. The van der Waals surface area contributed by atoms with Crippen LogP contribution in [0.25, 0.3) is 0 Å². The Balaban J connectivity index is 2.40. The van der Waals surface area contributed by atoms with Gasteiger partial charge in [-0.3, -0.25) is 5.32 Å². The Bertz CT molecular complexity index is 436. The molecule has 0 spiro atoms. The molecule has 3 N–H and O–H groups in total. The summed E-state index contributed by atoms with van der Waals surface area (Å²) < 4.78 is 10.3. The molecule has 17 heavy (non-hydrogen) atoms. The molecule has 1 aromatic rings. The fourth-order valence-electron chi connectivity index (χ4n) is 1.54. The molecular weight excluding hydrogens is 220 g/mol. The lowest BCUT2D eigenvalue weighted by Gasteiger charge is -2.40. The molecule has 1 aliphatic rings. The Morgan fingerprint density at radius 1 is 1.24 bits per heavy atom. The Kier molecular flexibility index (Phi) is 2.85. The van der Waals surface area contributed by atoms with E-state index in [1.54, 1.807) is 6.07 Å². The van der Waals surface area contributed by atoms with Crippen molar-refractivity contribution < 1.29 is 19.7 Å². The van der Waals surface area contributed by atoms with Crippen LogP contribution in [-0.2, 0) is 5.50 Å². The van der Waals surface area contributed by atoms with Gasteiger partial charge in [0.25, 0.3) is 0 Å². The van der Waals surface area contributed by atoms with E-state index in [0.717, 1.165) is 0 Å². The van der Waals surface area contributed by atoms with Gasteiger partial charge in [-0.2, -0.15) is 0 Å². The van der Waals surface area contributed by atoms with E-state index < -0.39 is 11.1 Å². The van der Waals surface area contributed by atoms with Gasteiger partial charge < -0.3 is 19.7 Å². The average molecular weight is 231 g/mol. The molecule has 1 aromatic carbocycles. The zero-order chi connectivity index (χ0) is 12.7. The van der Waals surface area contributed by atoms with Crippen molar-refractivity contribution in [1.82, 2.24) is 5.32 Å². The van der Waals surface area contributed by atoms with Gasteiger partial charge in [0.2, 0.25) is 6.79 Å². The summed E-state index contributed by atoms with van der Waals surface area (Å²) in [6.07, 6.45) is 0. The Labute approximate surface area is 102 Å². The fraction of sp³-hybridized carbons (Fsp3) is 0.400. The minimum atomic E-state index is -2.17. The molecule has 2 rings (SSSR count). The summed E-state index contributed by atoms with van der Waals surface area (Å²) in [5.74, 6) is 0.993. The second kappa shape index (κ2) is 3.94. The van der Waals surface area contributed by atoms with Crippen molar-refractivity contribution in [3.63, 3.8) is 0 Å². The number of rotatable bonds is 3. The summed E-state index contributed by atoms with van der Waals surface area (Å²) in [6, 6.07) is 4.56. The van der Waals surface area contributed by atoms with Crippen molar-refractivity contribution in [2.75, 3.05) is 13.8 Å². The van der Waals surface area contributed by atoms with Gasteiger partial charge in [0.1, 0.15) is 15.7 Å². The van der Waals surface area contributed by atoms with Crippen LogP contribution < -0.4 is 14.8 Å². The van der Waals surface area contributed by atoms with Crippen molar-refractivity contribution in [2.24, 2.45) is 0 Å². The van der Waals surface area contributed by atoms with Crippen LogP contribution in [0.5, 0.6) is 11.5 Å². The van der Waals surface area contributed by atoms with Crippen LogP contribution in [-0.4, -0.2) is 45.4 Å². The third-order valence-corrected chi connectivity index (χ3v) is 2.77. The second-order valence-corrected chi connectivity index (χ2v) is 3.85. The summed E-state index contributed by atoms with van der Waals surface area (Å²) in [4.78, 5) is 0. The third-order valence-electron chi connectivity index (χ3n) is 2.77. The smallest absolute Gasteiger partial charge is 0.231 e. The van der Waals surface area contributed by atoms with Gasteiger partial charge in [0.05, 0.1) is 11.1 Å². The van der Waals surface area contributed by atoms with E-state index in [0.29, 0.717) is 11.5 Å². The zero-order valence-electron chi connectivity index (χ0n) is 9.30. The van der Waals surface area contributed by atoms with Crippen LogP contribution in [0.4, 0.5) is 0 Å². The number of hydrogen-bond donors (Lipinski definition) is 3. The molecule has 0 aliphatic carbocycles. The maximum Gasteiger partial charge on any atom is 0.231 e. The maximum absolute atomic E-state index is 10.1. The molecule has 0 bridgehead atoms. The number of ether oxygens (including phenoxy) is 2. The number of nitrogens with one attached hydrogen (secondary N) is 1. The Hall–Kier alpha value is -1.17. The molecule has 7 heteroatoms. The largest absolute Gasteiger partial charge is 0.454 e. The molecule has 0 amide bonds. The third kappa shape index (κ3) is 1.90. The maximum atomic E-state index is 10.1. The van der Waals surface area contributed by atoms with Crippen molar-refractivity contribution in [2.45, 2.75) is 11.1 Å². The molecule has 2 atom stereocenters. The van der Waals surface area contributed by atoms with E-state index >= 15 is 0 Å². The molecule has 0 saturated carbocycles. The van der Waals surface area contributed by atoms with Gasteiger partial charge in [-0.05, 0) is 24.7 Å². The number of aliphatic hydroxyl groups is 2. The number of fused-ring (bicyclic) bond motifs is 1. The van der Waals surface area contributed by atoms with Crippen LogP contribution >= 0.6 is 0 Å². The molecule has 86 valence electrons. The van der Waals surface area contributed by atoms with Gasteiger partial charge in [-0.15, -0.1) is 0 Å². The van der Waals surface area contributed by atoms with E-state index in [4.69, 9.17) is 25.2 Å². The minimum absolute atomic E-state index is 0.112. The van der Waals surface area contributed by atoms with Gasteiger partial charge in [-0.25, -0.2) is 0 Å². The summed E-state index contributed by atoms with van der Waals surface area (Å²) >= 11 is 0. The summed E-state index contributed by atoms with van der Waals surface area (Å²) in [5, 5.41) is 22.2. The van der Waals surface area contributed by atoms with E-state index in [-0.39, 0.29) is 12.4 Å². The monoisotopic (exact) mass is 231 g/mol. The first kappa shape index (κ1) is 12.3. The average Bonchev–Trinajstić information content (AvgIpc) is 2.75. The molecule has 0 saturated heterocycles. The highest BCUT2D eigenvalue weighted by Gasteiger charge is 2.41. The molecule has 0 fully saturated rings. The van der Waals surface area contributed by atoms with Gasteiger partial charge in [0, 0.05) is 0 Å². The highest BCUT2D eigenvalue weighted by Crippen LogP contribution is 2.36. The fourth-order valence-corrected chi connectivity index (χ4v) is 1.54. The van der Waals surface area contributed by atoms with E-state index in [2.05, 4.69) is 5.32 Å². The topological polar surface area (TPSA) is 71.0 Å². The molecule has 1 aliphatic heterocycles. The van der Waals surface area contributed by atoms with Crippen LogP contribution in [0, 0.1) is 0 Å². The van der Waals surface area contributed by atoms with Crippen molar-refractivity contribution in [3.05, 3.63) is 23.8 Å².